The number of benzene rings is 2. The molecular formula is C27H31FN4O3. The number of ether oxygens (including phenoxy) is 1. The third-order valence-electron chi connectivity index (χ3n) is 7.55. The van der Waals surface area contributed by atoms with Crippen LogP contribution in [0.5, 0.6) is 5.75 Å². The van der Waals surface area contributed by atoms with Gasteiger partial charge in [-0.2, -0.15) is 5.10 Å². The molecule has 0 saturated carbocycles. The number of hydrogen-bond donors (Lipinski definition) is 0. The third kappa shape index (κ3) is 4.20. The van der Waals surface area contributed by atoms with Gasteiger partial charge in [-0.15, -0.1) is 0 Å². The number of fused-ring (bicyclic) bond motifs is 3. The molecule has 3 aliphatic heterocycles. The second kappa shape index (κ2) is 9.41. The van der Waals surface area contributed by atoms with E-state index in [4.69, 9.17) is 9.84 Å². The molecule has 5 rings (SSSR count). The minimum Gasteiger partial charge on any atom is -0.489 e. The number of hydrogen-bond acceptors (Lipinski definition) is 6. The first-order valence-electron chi connectivity index (χ1n) is 12.2. The highest BCUT2D eigenvalue weighted by molar-refractivity contribution is 6.43. The van der Waals surface area contributed by atoms with Gasteiger partial charge in [0, 0.05) is 46.1 Å². The van der Waals surface area contributed by atoms with Gasteiger partial charge in [0.15, 0.2) is 5.78 Å². The lowest BCUT2D eigenvalue weighted by molar-refractivity contribution is -0.129. The molecule has 7 nitrogen and oxygen atoms in total. The summed E-state index contributed by atoms with van der Waals surface area (Å²) in [5.41, 5.74) is 1.36. The zero-order chi connectivity index (χ0) is 24.6. The Balaban J connectivity index is 1.48. The van der Waals surface area contributed by atoms with Gasteiger partial charge in [-0.1, -0.05) is 30.3 Å². The van der Waals surface area contributed by atoms with Gasteiger partial charge in [-0.25, -0.2) is 4.39 Å². The minimum absolute atomic E-state index is 0.0943. The molecule has 184 valence electrons. The van der Waals surface area contributed by atoms with Crippen molar-refractivity contribution in [2.75, 3.05) is 44.8 Å². The lowest BCUT2D eigenvalue weighted by Gasteiger charge is -2.41. The molecule has 0 bridgehead atoms. The van der Waals surface area contributed by atoms with Crippen LogP contribution >= 0.6 is 0 Å². The number of nitrogens with zero attached hydrogens (tertiary/aromatic N) is 4. The summed E-state index contributed by atoms with van der Waals surface area (Å²) in [4.78, 5) is 29.2. The van der Waals surface area contributed by atoms with Crippen LogP contribution in [0, 0.1) is 5.82 Å². The topological polar surface area (TPSA) is 65.5 Å². The van der Waals surface area contributed by atoms with Crippen LogP contribution in [0.25, 0.3) is 0 Å². The molecule has 1 fully saturated rings. The number of likely N-dealkylation sites (N-methyl/N-ethyl adjacent to an activating group) is 1. The summed E-state index contributed by atoms with van der Waals surface area (Å²) in [7, 11) is 1.85. The zero-order valence-electron chi connectivity index (χ0n) is 20.2. The van der Waals surface area contributed by atoms with Crippen LogP contribution in [-0.2, 0) is 15.0 Å². The number of hydrazone groups is 1. The van der Waals surface area contributed by atoms with Gasteiger partial charge in [0.1, 0.15) is 35.6 Å². The van der Waals surface area contributed by atoms with Crippen LogP contribution in [0.4, 0.5) is 10.1 Å². The fourth-order valence-corrected chi connectivity index (χ4v) is 5.68. The van der Waals surface area contributed by atoms with Crippen molar-refractivity contribution in [1.82, 2.24) is 9.80 Å². The Morgan fingerprint density at radius 1 is 1.17 bits per heavy atom. The Labute approximate surface area is 205 Å². The second-order valence-electron chi connectivity index (χ2n) is 9.64. The summed E-state index contributed by atoms with van der Waals surface area (Å²) < 4.78 is 20.3. The molecule has 3 heterocycles. The molecular weight excluding hydrogens is 447 g/mol. The number of rotatable bonds is 6. The highest BCUT2D eigenvalue weighted by Crippen LogP contribution is 2.48. The molecule has 0 aliphatic carbocycles. The normalized spacial score (nSPS) is 24.4. The maximum atomic E-state index is 14.2. The molecule has 0 spiro atoms. The smallest absolute Gasteiger partial charge is 0.223 e. The lowest BCUT2D eigenvalue weighted by atomic mass is 9.67. The lowest BCUT2D eigenvalue weighted by Crippen LogP contribution is -2.54. The first kappa shape index (κ1) is 23.5. The van der Waals surface area contributed by atoms with Gasteiger partial charge in [0.2, 0.25) is 5.91 Å². The first-order chi connectivity index (χ1) is 16.9. The quantitative estimate of drug-likeness (QED) is 0.638. The molecule has 1 saturated heterocycles. The predicted molar refractivity (Wildman–Crippen MR) is 132 cm³/mol. The number of anilines is 1. The molecule has 35 heavy (non-hydrogen) atoms. The number of carbonyl (C=O) groups is 2. The maximum absolute atomic E-state index is 14.2. The number of amides is 1. The van der Waals surface area contributed by atoms with Crippen molar-refractivity contribution in [3.8, 4) is 5.75 Å². The Hall–Kier alpha value is -3.26. The number of ketones is 1. The van der Waals surface area contributed by atoms with E-state index in [2.05, 4.69) is 4.90 Å². The van der Waals surface area contributed by atoms with E-state index in [1.165, 1.54) is 12.1 Å². The zero-order valence-corrected chi connectivity index (χ0v) is 20.2. The molecule has 3 aliphatic rings. The fraction of sp³-hybridized carbons (Fsp3) is 0.444. The third-order valence-corrected chi connectivity index (χ3v) is 7.55. The van der Waals surface area contributed by atoms with Crippen molar-refractivity contribution < 1.29 is 18.7 Å². The molecule has 2 aromatic rings. The second-order valence-corrected chi connectivity index (χ2v) is 9.64. The molecule has 2 atom stereocenters. The maximum Gasteiger partial charge on any atom is 0.223 e. The molecule has 0 aromatic heterocycles. The van der Waals surface area contributed by atoms with Gasteiger partial charge in [0.25, 0.3) is 0 Å². The summed E-state index contributed by atoms with van der Waals surface area (Å²) in [6.07, 6.45) is 2.03. The van der Waals surface area contributed by atoms with Crippen LogP contribution < -0.4 is 9.75 Å². The highest BCUT2D eigenvalue weighted by atomic mass is 19.1. The van der Waals surface area contributed by atoms with Crippen LogP contribution in [-0.4, -0.2) is 73.1 Å². The minimum atomic E-state index is -0.685. The van der Waals surface area contributed by atoms with Crippen LogP contribution in [0.3, 0.4) is 0 Å². The standard InChI is InChI=1S/C27H31FN4O3/c1-19(33)26-27(20-7-4-3-5-8-20,12-6-13-31-14-11-25(34)30(2)15-16-31)24-18-35-23-10-9-21(28)17-22(23)32(24)29-26/h3-5,7-10,17,24H,6,11-16,18H2,1-2H3. The summed E-state index contributed by atoms with van der Waals surface area (Å²) in [6, 6.07) is 14.1. The highest BCUT2D eigenvalue weighted by Gasteiger charge is 2.55. The molecule has 2 aromatic carbocycles. The van der Waals surface area contributed by atoms with Crippen molar-refractivity contribution in [1.29, 1.82) is 0 Å². The SMILES string of the molecule is CC(=O)C1=NN2c3cc(F)ccc3OCC2C1(CCCN1CCC(=O)N(C)CC1)c1ccccc1. The predicted octanol–water partition coefficient (Wildman–Crippen LogP) is 3.23. The average Bonchev–Trinajstić information content (AvgIpc) is 3.12. The van der Waals surface area contributed by atoms with E-state index in [9.17, 15) is 14.0 Å². The fourth-order valence-electron chi connectivity index (χ4n) is 5.68. The van der Waals surface area contributed by atoms with Gasteiger partial charge in [-0.3, -0.25) is 14.6 Å². The molecule has 1 amide bonds. The van der Waals surface area contributed by atoms with E-state index in [-0.39, 0.29) is 23.5 Å². The Bertz CT molecular complexity index is 1150. The molecule has 0 N–H and O–H groups in total. The van der Waals surface area contributed by atoms with Crippen molar-refractivity contribution in [2.24, 2.45) is 5.10 Å². The number of halogens is 1. The van der Waals surface area contributed by atoms with Crippen LogP contribution in [0.15, 0.2) is 53.6 Å². The Morgan fingerprint density at radius 3 is 2.74 bits per heavy atom. The Kier molecular flexibility index (Phi) is 6.32. The monoisotopic (exact) mass is 478 g/mol. The van der Waals surface area contributed by atoms with E-state index < -0.39 is 5.41 Å². The number of carbonyl (C=O) groups excluding carboxylic acids is 2. The molecule has 8 heteroatoms. The van der Waals surface area contributed by atoms with Crippen LogP contribution in [0.2, 0.25) is 0 Å². The van der Waals surface area contributed by atoms with Gasteiger partial charge >= 0.3 is 0 Å². The number of Topliss-reactive ketones (excluding diaryl/α,β-unsaturated/α-hetero) is 1. The van der Waals surface area contributed by atoms with Crippen LogP contribution in [0.1, 0.15) is 31.7 Å². The average molecular weight is 479 g/mol. The van der Waals surface area contributed by atoms with Crippen molar-refractivity contribution in [2.45, 2.75) is 37.6 Å². The van der Waals surface area contributed by atoms with E-state index in [1.54, 1.807) is 22.9 Å². The van der Waals surface area contributed by atoms with Gasteiger partial charge in [0.05, 0.1) is 5.41 Å². The van der Waals surface area contributed by atoms with E-state index in [0.717, 1.165) is 38.2 Å². The summed E-state index contributed by atoms with van der Waals surface area (Å²) in [5, 5.41) is 6.61. The largest absolute Gasteiger partial charge is 0.489 e. The van der Waals surface area contributed by atoms with Gasteiger partial charge in [-0.05, 0) is 37.1 Å². The van der Waals surface area contributed by atoms with E-state index in [0.29, 0.717) is 36.6 Å². The van der Waals surface area contributed by atoms with Gasteiger partial charge < -0.3 is 14.5 Å². The summed E-state index contributed by atoms with van der Waals surface area (Å²) >= 11 is 0. The van der Waals surface area contributed by atoms with Crippen molar-refractivity contribution in [3.05, 3.63) is 59.9 Å². The van der Waals surface area contributed by atoms with E-state index >= 15 is 0 Å². The van der Waals surface area contributed by atoms with Crippen molar-refractivity contribution in [3.63, 3.8) is 0 Å². The van der Waals surface area contributed by atoms with Crippen molar-refractivity contribution >= 4 is 23.1 Å². The van der Waals surface area contributed by atoms with E-state index in [1.807, 2.05) is 37.4 Å². The Morgan fingerprint density at radius 2 is 1.97 bits per heavy atom. The summed E-state index contributed by atoms with van der Waals surface area (Å²) in [6.45, 7) is 5.00. The summed E-state index contributed by atoms with van der Waals surface area (Å²) in [5.74, 6) is 0.279. The first-order valence-corrected chi connectivity index (χ1v) is 12.2. The molecule has 0 radical (unpaired) electrons. The molecule has 2 unspecified atom stereocenters.